The quantitative estimate of drug-likeness (QED) is 0.602. The van der Waals surface area contributed by atoms with Crippen molar-refractivity contribution in [3.63, 3.8) is 0 Å². The first-order valence-corrected chi connectivity index (χ1v) is 11.8. The third kappa shape index (κ3) is 4.53. The fourth-order valence-corrected chi connectivity index (χ4v) is 5.24. The first-order chi connectivity index (χ1) is 16.0. The first-order valence-electron chi connectivity index (χ1n) is 10.2. The maximum absolute atomic E-state index is 13.5. The second-order valence-corrected chi connectivity index (χ2v) is 9.68. The Balaban J connectivity index is 1.64. The van der Waals surface area contributed by atoms with Crippen molar-refractivity contribution in [3.05, 3.63) is 81.8 Å². The lowest BCUT2D eigenvalue weighted by Gasteiger charge is -2.17. The van der Waals surface area contributed by atoms with Crippen LogP contribution < -0.4 is 15.1 Å². The van der Waals surface area contributed by atoms with Crippen LogP contribution in [0, 0.1) is 6.92 Å². The number of carbonyl (C=O) groups is 1. The van der Waals surface area contributed by atoms with Crippen molar-refractivity contribution in [2.75, 3.05) is 21.9 Å². The second kappa shape index (κ2) is 8.60. The van der Waals surface area contributed by atoms with E-state index in [9.17, 15) is 31.2 Å². The number of rotatable bonds is 4. The fourth-order valence-electron chi connectivity index (χ4n) is 3.68. The molecule has 34 heavy (non-hydrogen) atoms. The molecular weight excluding hydrogens is 473 g/mol. The van der Waals surface area contributed by atoms with Crippen molar-refractivity contribution in [1.29, 1.82) is 0 Å². The summed E-state index contributed by atoms with van der Waals surface area (Å²) >= 11 is 0. The summed E-state index contributed by atoms with van der Waals surface area (Å²) in [7, 11) is -3.36. The SMILES string of the molecule is Cc1cc(=O)c(C(=O)Nc2ccc(N3CCCS3(=O)=O)cc2)nn1-c1ccccc1C(F)(F)F. The largest absolute Gasteiger partial charge is 0.418 e. The molecule has 1 aliphatic heterocycles. The Morgan fingerprint density at radius 3 is 2.38 bits per heavy atom. The molecule has 0 bridgehead atoms. The molecule has 1 saturated heterocycles. The Bertz CT molecular complexity index is 1420. The third-order valence-corrected chi connectivity index (χ3v) is 7.14. The van der Waals surface area contributed by atoms with Gasteiger partial charge in [-0.25, -0.2) is 13.1 Å². The van der Waals surface area contributed by atoms with Crippen molar-refractivity contribution in [3.8, 4) is 5.69 Å². The summed E-state index contributed by atoms with van der Waals surface area (Å²) < 4.78 is 66.7. The van der Waals surface area contributed by atoms with Gasteiger partial charge in [0, 0.05) is 24.0 Å². The zero-order chi connectivity index (χ0) is 24.7. The number of benzene rings is 2. The zero-order valence-electron chi connectivity index (χ0n) is 17.8. The lowest BCUT2D eigenvalue weighted by molar-refractivity contribution is -0.137. The highest BCUT2D eigenvalue weighted by Gasteiger charge is 2.34. The summed E-state index contributed by atoms with van der Waals surface area (Å²) in [6.07, 6.45) is -4.15. The van der Waals surface area contributed by atoms with Gasteiger partial charge in [0.1, 0.15) is 0 Å². The Hall–Kier alpha value is -3.67. The van der Waals surface area contributed by atoms with E-state index in [2.05, 4.69) is 10.4 Å². The average Bonchev–Trinajstić information content (AvgIpc) is 3.12. The van der Waals surface area contributed by atoms with Gasteiger partial charge in [0.25, 0.3) is 5.91 Å². The number of halogens is 3. The molecule has 0 unspecified atom stereocenters. The molecule has 1 N–H and O–H groups in total. The van der Waals surface area contributed by atoms with Gasteiger partial charge in [-0.1, -0.05) is 12.1 Å². The summed E-state index contributed by atoms with van der Waals surface area (Å²) in [4.78, 5) is 25.1. The van der Waals surface area contributed by atoms with Crippen LogP contribution in [0.4, 0.5) is 24.5 Å². The highest BCUT2D eigenvalue weighted by molar-refractivity contribution is 7.93. The van der Waals surface area contributed by atoms with Gasteiger partial charge < -0.3 is 5.32 Å². The number of carbonyl (C=O) groups excluding carboxylic acids is 1. The maximum atomic E-state index is 13.5. The van der Waals surface area contributed by atoms with Crippen LogP contribution in [-0.4, -0.2) is 36.4 Å². The molecule has 0 saturated carbocycles. The molecule has 0 aliphatic carbocycles. The van der Waals surface area contributed by atoms with Crippen LogP contribution in [-0.2, 0) is 16.2 Å². The molecule has 0 atom stereocenters. The maximum Gasteiger partial charge on any atom is 0.418 e. The van der Waals surface area contributed by atoms with Crippen molar-refractivity contribution >= 4 is 27.3 Å². The summed E-state index contributed by atoms with van der Waals surface area (Å²) in [6.45, 7) is 1.77. The van der Waals surface area contributed by atoms with Gasteiger partial charge in [0.05, 0.1) is 22.7 Å². The molecule has 2 heterocycles. The van der Waals surface area contributed by atoms with E-state index >= 15 is 0 Å². The molecule has 3 aromatic rings. The first kappa shape index (κ1) is 23.5. The number of aryl methyl sites for hydroxylation is 1. The van der Waals surface area contributed by atoms with Gasteiger partial charge in [-0.2, -0.15) is 18.3 Å². The van der Waals surface area contributed by atoms with E-state index in [1.54, 1.807) is 0 Å². The molecule has 178 valence electrons. The van der Waals surface area contributed by atoms with Gasteiger partial charge in [0.2, 0.25) is 15.5 Å². The molecule has 0 spiro atoms. The smallest absolute Gasteiger partial charge is 0.320 e. The standard InChI is InChI=1S/C22H19F3N4O4S/c1-14-13-19(30)20(27-29(14)18-6-3-2-5-17(18)22(23,24)25)21(31)26-15-7-9-16(10-8-15)28-11-4-12-34(28,32)33/h2-3,5-10,13H,4,11-12H2,1H3,(H,26,31). The molecule has 1 amide bonds. The Morgan fingerprint density at radius 2 is 1.76 bits per heavy atom. The van der Waals surface area contributed by atoms with E-state index in [4.69, 9.17) is 0 Å². The van der Waals surface area contributed by atoms with Crippen molar-refractivity contribution in [2.24, 2.45) is 0 Å². The summed E-state index contributed by atoms with van der Waals surface area (Å²) in [5, 5.41) is 6.39. The van der Waals surface area contributed by atoms with Crippen LogP contribution in [0.2, 0.25) is 0 Å². The number of nitrogens with one attached hydrogen (secondary N) is 1. The topological polar surface area (TPSA) is 101 Å². The molecule has 1 aliphatic rings. The van der Waals surface area contributed by atoms with Crippen LogP contribution in [0.25, 0.3) is 5.69 Å². The monoisotopic (exact) mass is 492 g/mol. The minimum atomic E-state index is -4.67. The number of aromatic nitrogens is 2. The number of para-hydroxylation sites is 1. The Morgan fingerprint density at radius 1 is 1.09 bits per heavy atom. The molecule has 0 radical (unpaired) electrons. The molecule has 1 aromatic heterocycles. The lowest BCUT2D eigenvalue weighted by atomic mass is 10.1. The van der Waals surface area contributed by atoms with Gasteiger partial charge in [-0.15, -0.1) is 0 Å². The molecule has 12 heteroatoms. The average molecular weight is 492 g/mol. The number of anilines is 2. The molecular formula is C22H19F3N4O4S. The van der Waals surface area contributed by atoms with E-state index in [0.29, 0.717) is 18.7 Å². The third-order valence-electron chi connectivity index (χ3n) is 5.27. The summed E-state index contributed by atoms with van der Waals surface area (Å²) in [6, 6.07) is 11.7. The van der Waals surface area contributed by atoms with Crippen LogP contribution >= 0.6 is 0 Å². The zero-order valence-corrected chi connectivity index (χ0v) is 18.7. The summed E-state index contributed by atoms with van der Waals surface area (Å²) in [5.41, 5.74) is -1.81. The highest BCUT2D eigenvalue weighted by atomic mass is 32.2. The van der Waals surface area contributed by atoms with Crippen molar-refractivity contribution in [1.82, 2.24) is 9.78 Å². The number of hydrogen-bond donors (Lipinski definition) is 1. The number of sulfonamides is 1. The van der Waals surface area contributed by atoms with E-state index in [1.165, 1.54) is 53.7 Å². The number of amides is 1. The number of alkyl halides is 3. The summed E-state index contributed by atoms with van der Waals surface area (Å²) in [5.74, 6) is -0.848. The minimum Gasteiger partial charge on any atom is -0.320 e. The lowest BCUT2D eigenvalue weighted by Crippen LogP contribution is -2.27. The predicted molar refractivity (Wildman–Crippen MR) is 120 cm³/mol. The van der Waals surface area contributed by atoms with Crippen LogP contribution in [0.3, 0.4) is 0 Å². The van der Waals surface area contributed by atoms with Gasteiger partial charge in [0.15, 0.2) is 5.69 Å². The number of hydrogen-bond acceptors (Lipinski definition) is 5. The molecule has 1 fully saturated rings. The van der Waals surface area contributed by atoms with Crippen LogP contribution in [0.15, 0.2) is 59.4 Å². The van der Waals surface area contributed by atoms with E-state index in [0.717, 1.165) is 16.8 Å². The van der Waals surface area contributed by atoms with Crippen molar-refractivity contribution < 1.29 is 26.4 Å². The van der Waals surface area contributed by atoms with E-state index in [1.807, 2.05) is 0 Å². The van der Waals surface area contributed by atoms with Crippen LogP contribution in [0.5, 0.6) is 0 Å². The normalized spacial score (nSPS) is 15.4. The Labute approximate surface area is 192 Å². The second-order valence-electron chi connectivity index (χ2n) is 7.67. The van der Waals surface area contributed by atoms with E-state index < -0.39 is 38.8 Å². The predicted octanol–water partition coefficient (Wildman–Crippen LogP) is 3.35. The van der Waals surface area contributed by atoms with Gasteiger partial charge >= 0.3 is 6.18 Å². The van der Waals surface area contributed by atoms with Crippen molar-refractivity contribution in [2.45, 2.75) is 19.5 Å². The molecule has 2 aromatic carbocycles. The van der Waals surface area contributed by atoms with Gasteiger partial charge in [-0.3, -0.25) is 13.9 Å². The Kier molecular flexibility index (Phi) is 5.94. The molecule has 8 nitrogen and oxygen atoms in total. The highest BCUT2D eigenvalue weighted by Crippen LogP contribution is 2.33. The van der Waals surface area contributed by atoms with Gasteiger partial charge in [-0.05, 0) is 49.7 Å². The minimum absolute atomic E-state index is 0.0638. The fraction of sp³-hybridized carbons (Fsp3) is 0.227. The molecule has 4 rings (SSSR count). The van der Waals surface area contributed by atoms with E-state index in [-0.39, 0.29) is 22.8 Å². The van der Waals surface area contributed by atoms with Crippen LogP contribution in [0.1, 0.15) is 28.2 Å². The number of nitrogens with zero attached hydrogens (tertiary/aromatic N) is 3.